The number of ketones is 6. The van der Waals surface area contributed by atoms with Crippen LogP contribution in [-0.2, 0) is 52.6 Å². The molecule has 1 saturated heterocycles. The third kappa shape index (κ3) is 8.76. The van der Waals surface area contributed by atoms with E-state index in [0.29, 0.717) is 37.7 Å². The maximum absolute atomic E-state index is 17.3. The Morgan fingerprint density at radius 3 is 1.77 bits per heavy atom. The van der Waals surface area contributed by atoms with Gasteiger partial charge in [0.2, 0.25) is 11.6 Å². The van der Waals surface area contributed by atoms with Gasteiger partial charge in [0.05, 0.1) is 24.4 Å². The average Bonchev–Trinajstić information content (AvgIpc) is 1.38. The first kappa shape index (κ1) is 66.3. The van der Waals surface area contributed by atoms with Crippen LogP contribution in [0, 0.1) is 91.7 Å². The second kappa shape index (κ2) is 21.2. The van der Waals surface area contributed by atoms with Crippen LogP contribution in [0.15, 0.2) is 71.4 Å². The molecule has 12 aliphatic carbocycles. The summed E-state index contributed by atoms with van der Waals surface area (Å²) in [7, 11) is 0. The Morgan fingerprint density at radius 1 is 0.656 bits per heavy atom. The van der Waals surface area contributed by atoms with E-state index < -0.39 is 157 Å². The molecular weight excluding hydrogens is 1170 g/mol. The molecule has 13 aliphatic rings. The van der Waals surface area contributed by atoms with Gasteiger partial charge in [-0.25, -0.2) is 22.4 Å². The molecule has 1 heterocycles. The number of esters is 1. The third-order valence-electron chi connectivity index (χ3n) is 26.5. The molecule has 0 aromatic carbocycles. The molecule has 20 heteroatoms. The lowest BCUT2D eigenvalue weighted by Gasteiger charge is -2.63. The van der Waals surface area contributed by atoms with E-state index in [1.165, 1.54) is 57.2 Å². The highest BCUT2D eigenvalue weighted by Crippen LogP contribution is 2.75. The molecule has 0 bridgehead atoms. The number of hydrogen-bond donors (Lipinski definition) is 5. The van der Waals surface area contributed by atoms with Gasteiger partial charge in [0.15, 0.2) is 52.5 Å². The van der Waals surface area contributed by atoms with E-state index in [4.69, 9.17) is 14.2 Å². The number of carboxylic acid groups (broad SMARTS) is 1. The van der Waals surface area contributed by atoms with Crippen LogP contribution >= 0.6 is 0 Å². The number of halogens is 4. The molecule has 9 saturated carbocycles. The number of rotatable bonds is 6. The van der Waals surface area contributed by atoms with Crippen molar-refractivity contribution in [3.63, 3.8) is 0 Å². The van der Waals surface area contributed by atoms with E-state index in [-0.39, 0.29) is 90.5 Å². The van der Waals surface area contributed by atoms with Crippen molar-refractivity contribution in [2.24, 2.45) is 91.7 Å². The van der Waals surface area contributed by atoms with Gasteiger partial charge >= 0.3 is 11.9 Å². The number of carbonyl (C=O) groups excluding carboxylic acids is 7. The van der Waals surface area contributed by atoms with Crippen LogP contribution in [0.1, 0.15) is 147 Å². The van der Waals surface area contributed by atoms with Gasteiger partial charge in [-0.1, -0.05) is 65.3 Å². The first-order chi connectivity index (χ1) is 41.5. The zero-order valence-corrected chi connectivity index (χ0v) is 53.5. The minimum Gasteiger partial charge on any atom is -0.475 e. The maximum Gasteiger partial charge on any atom is 0.372 e. The molecule has 16 nitrogen and oxygen atoms in total. The molecule has 0 radical (unpaired) electrons. The Hall–Kier alpha value is -5.12. The van der Waals surface area contributed by atoms with Crippen LogP contribution in [0.5, 0.6) is 0 Å². The van der Waals surface area contributed by atoms with Crippen molar-refractivity contribution in [2.45, 2.75) is 212 Å². The van der Waals surface area contributed by atoms with Crippen LogP contribution in [0.2, 0.25) is 0 Å². The van der Waals surface area contributed by atoms with Crippen molar-refractivity contribution >= 4 is 46.6 Å². The number of aliphatic hydroxyl groups is 4. The van der Waals surface area contributed by atoms with Gasteiger partial charge in [0, 0.05) is 57.7 Å². The summed E-state index contributed by atoms with van der Waals surface area (Å²) in [5, 5.41) is 54.2. The molecule has 4 unspecified atom stereocenters. The fraction of sp³-hybridized carbons (Fsp3) is 0.714. The topological polar surface area (TPSA) is 265 Å². The van der Waals surface area contributed by atoms with Gasteiger partial charge in [-0.2, -0.15) is 0 Å². The minimum absolute atomic E-state index is 0.00153. The van der Waals surface area contributed by atoms with Crippen LogP contribution in [0.3, 0.4) is 0 Å². The fourth-order valence-electron chi connectivity index (χ4n) is 22.7. The molecule has 0 amide bonds. The molecular formula is C70H88F4O16. The fourth-order valence-corrected chi connectivity index (χ4v) is 22.7. The van der Waals surface area contributed by atoms with Crippen molar-refractivity contribution in [2.75, 3.05) is 6.61 Å². The smallest absolute Gasteiger partial charge is 0.372 e. The molecule has 0 aromatic rings. The lowest BCUT2D eigenvalue weighted by Crippen LogP contribution is -2.71. The molecule has 5 N–H and O–H groups in total. The number of hydrogen-bond acceptors (Lipinski definition) is 15. The molecule has 26 atom stereocenters. The summed E-state index contributed by atoms with van der Waals surface area (Å²) in [6, 6.07) is 0. The predicted octanol–water partition coefficient (Wildman–Crippen LogP) is 8.59. The molecule has 13 rings (SSSR count). The summed E-state index contributed by atoms with van der Waals surface area (Å²) >= 11 is 0. The normalized spacial score (nSPS) is 50.9. The van der Waals surface area contributed by atoms with E-state index in [9.17, 15) is 63.9 Å². The summed E-state index contributed by atoms with van der Waals surface area (Å²) in [6.45, 7) is 20.0. The van der Waals surface area contributed by atoms with Crippen molar-refractivity contribution in [1.29, 1.82) is 0 Å². The lowest BCUT2D eigenvalue weighted by atomic mass is 9.43. The number of fused-ring (bicyclic) bond motifs is 17. The molecule has 0 spiro atoms. The number of aliphatic hydroxyl groups excluding tert-OH is 3. The SMILES string of the molecule is CC(=O)OCC(=O)[C@@]12OC(C)(C)O[C@@H]1C[C@H]1[C@@H]3C[C@H](F)C4=CC(=O)C=C[C@]4(C)[C@@]3(F)[C@@H](O)C[C@@]12C.CC(=O)[C@@]1(O)CCC2C3C[C@H](C)C4=CC(=O)C=C[C@]4(C)[C@@]3(F)[C@@H](O)C[C@@]21C.C[C@@H]1C[C@H]2C3C[C@H](F)C4=CC(=O)C=C[C@]4(C)C3[C@@H](O)C[C@]2(C)[C@H]1C(=O)C(=O)O. The molecule has 1 aliphatic heterocycles. The summed E-state index contributed by atoms with van der Waals surface area (Å²) in [5.41, 5.74) is -12.0. The van der Waals surface area contributed by atoms with Gasteiger partial charge in [-0.05, 0) is 187 Å². The lowest BCUT2D eigenvalue weighted by molar-refractivity contribution is -0.249. The van der Waals surface area contributed by atoms with E-state index in [1.807, 2.05) is 34.6 Å². The van der Waals surface area contributed by atoms with Crippen LogP contribution in [0.4, 0.5) is 17.6 Å². The highest BCUT2D eigenvalue weighted by atomic mass is 19.2. The third-order valence-corrected chi connectivity index (χ3v) is 26.5. The van der Waals surface area contributed by atoms with Crippen LogP contribution in [-0.4, -0.2) is 144 Å². The summed E-state index contributed by atoms with van der Waals surface area (Å²) in [5.74, 6) is -9.06. The number of Topliss-reactive ketones (excluding diaryl/α,β-unsaturated/α-hetero) is 3. The van der Waals surface area contributed by atoms with Crippen LogP contribution < -0.4 is 0 Å². The van der Waals surface area contributed by atoms with Gasteiger partial charge in [0.25, 0.3) is 0 Å². The number of carbonyl (C=O) groups is 8. The highest BCUT2D eigenvalue weighted by molar-refractivity contribution is 6.33. The Kier molecular flexibility index (Phi) is 15.6. The van der Waals surface area contributed by atoms with E-state index in [0.717, 1.165) is 11.6 Å². The van der Waals surface area contributed by atoms with Crippen LogP contribution in [0.25, 0.3) is 0 Å². The second-order valence-corrected chi connectivity index (χ2v) is 31.1. The Balaban J connectivity index is 0.000000140. The van der Waals surface area contributed by atoms with Gasteiger partial charge in [-0.15, -0.1) is 0 Å². The monoisotopic (exact) mass is 1260 g/mol. The first-order valence-corrected chi connectivity index (χ1v) is 32.2. The second-order valence-electron chi connectivity index (χ2n) is 31.1. The first-order valence-electron chi connectivity index (χ1n) is 32.2. The van der Waals surface area contributed by atoms with E-state index in [2.05, 4.69) is 0 Å². The predicted molar refractivity (Wildman–Crippen MR) is 316 cm³/mol. The van der Waals surface area contributed by atoms with Crippen molar-refractivity contribution in [3.05, 3.63) is 71.4 Å². The number of carboxylic acids is 1. The van der Waals surface area contributed by atoms with E-state index >= 15 is 17.6 Å². The Morgan fingerprint density at radius 2 is 1.19 bits per heavy atom. The highest BCUT2D eigenvalue weighted by Gasteiger charge is 2.81. The zero-order valence-electron chi connectivity index (χ0n) is 53.5. The zero-order chi connectivity index (χ0) is 66.4. The van der Waals surface area contributed by atoms with Gasteiger partial charge < -0.3 is 39.7 Å². The summed E-state index contributed by atoms with van der Waals surface area (Å²) in [6.07, 6.45) is 7.98. The summed E-state index contributed by atoms with van der Waals surface area (Å²) in [4.78, 5) is 97.0. The standard InChI is InChI=1S/C26H32F2O7.C22H27FO5.C22H29FO4/c1-13(29)33-12-20(32)26-21(34-22(2,3)35-26)10-15-16-9-18(27)17-8-14(30)6-7-23(17,4)25(16,28)19(31)11-24(15,26)5;1-10-6-13-12-8-15(23)14-7-11(24)4-5-21(14,2)18(12)16(25)9-22(13,3)17(10)19(26)20(27)28;1-12-9-17-15-6-8-21(27,13(2)24)20(15,4)11-18(26)22(17,23)19(3)7-5-14(25)10-16(12)19/h6-8,15-16,18-19,21,31H,9-12H2,1-5H3;4-5,7,10,12-13,15-18,25H,6,8-9H2,1-3H3,(H,27,28);5,7,10,12,15,17-18,26-27H,6,8-9,11H2,1-4H3/t15-,16-,18-,19-,21+,23-,24-,25-,26+;10-,12?,13+,15+,16+,17-,18?,21+,22+;12-,15?,17?,18-,19-,20-,21-,22-/m010/s1. The number of allylic oxidation sites excluding steroid dienone is 12. The number of aliphatic carboxylic acids is 1. The number of alkyl halides is 4. The molecule has 492 valence electrons. The van der Waals surface area contributed by atoms with Crippen molar-refractivity contribution in [3.8, 4) is 0 Å². The van der Waals surface area contributed by atoms with Crippen molar-refractivity contribution in [1.82, 2.24) is 0 Å². The molecule has 90 heavy (non-hydrogen) atoms. The quantitative estimate of drug-likeness (QED) is 0.0947. The largest absolute Gasteiger partial charge is 0.475 e. The number of ether oxygens (including phenoxy) is 3. The van der Waals surface area contributed by atoms with E-state index in [1.54, 1.807) is 39.8 Å². The average molecular weight is 1260 g/mol. The van der Waals surface area contributed by atoms with Gasteiger partial charge in [0.1, 0.15) is 17.9 Å². The Bertz CT molecular complexity index is 3350. The minimum atomic E-state index is -2.27. The Labute approximate surface area is 522 Å². The van der Waals surface area contributed by atoms with Crippen molar-refractivity contribution < 1.29 is 95.7 Å². The maximum atomic E-state index is 17.3. The molecule has 10 fully saturated rings. The summed E-state index contributed by atoms with van der Waals surface area (Å²) < 4.78 is 82.4. The molecule has 0 aromatic heterocycles. The van der Waals surface area contributed by atoms with Gasteiger partial charge in [-0.3, -0.25) is 33.6 Å².